The van der Waals surface area contributed by atoms with Crippen LogP contribution in [0.4, 0.5) is 0 Å². The molecule has 1 aromatic heterocycles. The predicted molar refractivity (Wildman–Crippen MR) is 68.8 cm³/mol. The minimum atomic E-state index is 0.645. The Morgan fingerprint density at radius 3 is 3.00 bits per heavy atom. The van der Waals surface area contributed by atoms with E-state index in [4.69, 9.17) is 0 Å². The van der Waals surface area contributed by atoms with Gasteiger partial charge in [0.2, 0.25) is 0 Å². The van der Waals surface area contributed by atoms with Crippen molar-refractivity contribution < 1.29 is 0 Å². The molecular weight excluding hydrogens is 218 g/mol. The standard InChI is InChI=1S/C12H21N3S/c1-9(2)15-5-4-11(7-15)13-6-12-14-10(3)8-16-12/h8-9,11,13H,4-7H2,1-3H3. The summed E-state index contributed by atoms with van der Waals surface area (Å²) in [5, 5.41) is 6.93. The Morgan fingerprint density at radius 2 is 2.44 bits per heavy atom. The minimum Gasteiger partial charge on any atom is -0.306 e. The number of hydrogen-bond acceptors (Lipinski definition) is 4. The van der Waals surface area contributed by atoms with Gasteiger partial charge in [0, 0.05) is 36.2 Å². The summed E-state index contributed by atoms with van der Waals surface area (Å²) in [6.07, 6.45) is 1.27. The molecule has 16 heavy (non-hydrogen) atoms. The molecule has 0 radical (unpaired) electrons. The Balaban J connectivity index is 1.75. The Kier molecular flexibility index (Phi) is 3.95. The number of thiazole rings is 1. The van der Waals surface area contributed by atoms with Gasteiger partial charge < -0.3 is 5.32 Å². The molecule has 0 aromatic carbocycles. The summed E-state index contributed by atoms with van der Waals surface area (Å²) in [7, 11) is 0. The molecule has 1 aromatic rings. The molecule has 0 saturated carbocycles. The minimum absolute atomic E-state index is 0.645. The highest BCUT2D eigenvalue weighted by molar-refractivity contribution is 7.09. The molecule has 2 rings (SSSR count). The molecule has 90 valence electrons. The van der Waals surface area contributed by atoms with Gasteiger partial charge in [-0.15, -0.1) is 11.3 Å². The van der Waals surface area contributed by atoms with Crippen LogP contribution < -0.4 is 5.32 Å². The van der Waals surface area contributed by atoms with Crippen LogP contribution in [-0.2, 0) is 6.54 Å². The van der Waals surface area contributed by atoms with E-state index in [0.29, 0.717) is 12.1 Å². The second kappa shape index (κ2) is 5.25. The van der Waals surface area contributed by atoms with Gasteiger partial charge in [-0.2, -0.15) is 0 Å². The van der Waals surface area contributed by atoms with Crippen molar-refractivity contribution in [3.05, 3.63) is 16.1 Å². The van der Waals surface area contributed by atoms with Gasteiger partial charge in [0.25, 0.3) is 0 Å². The zero-order valence-corrected chi connectivity index (χ0v) is 11.2. The molecule has 1 aliphatic heterocycles. The van der Waals surface area contributed by atoms with E-state index in [9.17, 15) is 0 Å². The smallest absolute Gasteiger partial charge is 0.107 e. The largest absolute Gasteiger partial charge is 0.306 e. The van der Waals surface area contributed by atoms with Crippen molar-refractivity contribution in [3.63, 3.8) is 0 Å². The van der Waals surface area contributed by atoms with Gasteiger partial charge in [0.15, 0.2) is 0 Å². The van der Waals surface area contributed by atoms with E-state index in [1.807, 2.05) is 0 Å². The average molecular weight is 239 g/mol. The van der Waals surface area contributed by atoms with Crippen molar-refractivity contribution in [2.45, 2.75) is 45.8 Å². The van der Waals surface area contributed by atoms with Crippen LogP contribution in [0.3, 0.4) is 0 Å². The van der Waals surface area contributed by atoms with Crippen molar-refractivity contribution in [2.75, 3.05) is 13.1 Å². The maximum Gasteiger partial charge on any atom is 0.107 e. The van der Waals surface area contributed by atoms with Gasteiger partial charge >= 0.3 is 0 Å². The Hall–Kier alpha value is -0.450. The molecule has 2 heterocycles. The van der Waals surface area contributed by atoms with Gasteiger partial charge in [0.1, 0.15) is 5.01 Å². The summed E-state index contributed by atoms with van der Waals surface area (Å²) in [6.45, 7) is 9.93. The van der Waals surface area contributed by atoms with Crippen LogP contribution in [0, 0.1) is 6.92 Å². The number of aryl methyl sites for hydroxylation is 1. The van der Waals surface area contributed by atoms with Crippen LogP contribution in [0.2, 0.25) is 0 Å². The number of likely N-dealkylation sites (tertiary alicyclic amines) is 1. The number of hydrogen-bond donors (Lipinski definition) is 1. The normalized spacial score (nSPS) is 22.1. The number of nitrogens with one attached hydrogen (secondary N) is 1. The second-order valence-corrected chi connectivity index (χ2v) is 5.78. The third-order valence-electron chi connectivity index (χ3n) is 3.16. The molecule has 0 aliphatic carbocycles. The fourth-order valence-electron chi connectivity index (χ4n) is 2.14. The molecule has 0 bridgehead atoms. The van der Waals surface area contributed by atoms with Gasteiger partial charge in [-0.25, -0.2) is 4.98 Å². The highest BCUT2D eigenvalue weighted by atomic mass is 32.1. The maximum absolute atomic E-state index is 4.47. The fraction of sp³-hybridized carbons (Fsp3) is 0.750. The number of rotatable bonds is 4. The zero-order chi connectivity index (χ0) is 11.5. The van der Waals surface area contributed by atoms with Gasteiger partial charge in [-0.3, -0.25) is 4.90 Å². The third-order valence-corrected chi connectivity index (χ3v) is 4.13. The van der Waals surface area contributed by atoms with Crippen molar-refractivity contribution in [2.24, 2.45) is 0 Å². The Bertz CT molecular complexity index is 335. The summed E-state index contributed by atoms with van der Waals surface area (Å²) >= 11 is 1.75. The zero-order valence-electron chi connectivity index (χ0n) is 10.4. The van der Waals surface area contributed by atoms with E-state index in [1.54, 1.807) is 11.3 Å². The van der Waals surface area contributed by atoms with E-state index in [0.717, 1.165) is 12.2 Å². The van der Waals surface area contributed by atoms with E-state index >= 15 is 0 Å². The van der Waals surface area contributed by atoms with Crippen molar-refractivity contribution in [1.29, 1.82) is 0 Å². The van der Waals surface area contributed by atoms with Crippen LogP contribution in [-0.4, -0.2) is 35.1 Å². The first-order chi connectivity index (χ1) is 7.65. The van der Waals surface area contributed by atoms with Crippen LogP contribution in [0.15, 0.2) is 5.38 Å². The van der Waals surface area contributed by atoms with Crippen LogP contribution >= 0.6 is 11.3 Å². The molecule has 1 saturated heterocycles. The van der Waals surface area contributed by atoms with Crippen molar-refractivity contribution in [1.82, 2.24) is 15.2 Å². The highest BCUT2D eigenvalue weighted by Gasteiger charge is 2.23. The van der Waals surface area contributed by atoms with Crippen LogP contribution in [0.25, 0.3) is 0 Å². The van der Waals surface area contributed by atoms with Gasteiger partial charge in [0.05, 0.1) is 0 Å². The van der Waals surface area contributed by atoms with Gasteiger partial charge in [-0.1, -0.05) is 0 Å². The van der Waals surface area contributed by atoms with E-state index < -0.39 is 0 Å². The average Bonchev–Trinajstić information content (AvgIpc) is 2.83. The lowest BCUT2D eigenvalue weighted by Gasteiger charge is -2.20. The summed E-state index contributed by atoms with van der Waals surface area (Å²) in [4.78, 5) is 7.00. The lowest BCUT2D eigenvalue weighted by Crippen LogP contribution is -2.34. The molecular formula is C12H21N3S. The summed E-state index contributed by atoms with van der Waals surface area (Å²) < 4.78 is 0. The van der Waals surface area contributed by atoms with Crippen LogP contribution in [0.1, 0.15) is 31.0 Å². The fourth-order valence-corrected chi connectivity index (χ4v) is 2.86. The molecule has 1 N–H and O–H groups in total. The number of aromatic nitrogens is 1. The second-order valence-electron chi connectivity index (χ2n) is 4.84. The molecule has 0 amide bonds. The molecule has 1 aliphatic rings. The molecule has 4 heteroatoms. The SMILES string of the molecule is Cc1csc(CNC2CCN(C(C)C)C2)n1. The lowest BCUT2D eigenvalue weighted by atomic mass is 10.2. The van der Waals surface area contributed by atoms with E-state index in [-0.39, 0.29) is 0 Å². The summed E-state index contributed by atoms with van der Waals surface area (Å²) in [5.41, 5.74) is 1.14. The van der Waals surface area contributed by atoms with Crippen molar-refractivity contribution in [3.8, 4) is 0 Å². The molecule has 3 nitrogen and oxygen atoms in total. The highest BCUT2D eigenvalue weighted by Crippen LogP contribution is 2.14. The Morgan fingerprint density at radius 1 is 1.62 bits per heavy atom. The molecule has 1 atom stereocenters. The summed E-state index contributed by atoms with van der Waals surface area (Å²) in [5.74, 6) is 0. The molecule has 1 fully saturated rings. The third kappa shape index (κ3) is 3.03. The predicted octanol–water partition coefficient (Wildman–Crippen LogP) is 2.02. The first-order valence-corrected chi connectivity index (χ1v) is 6.91. The monoisotopic (exact) mass is 239 g/mol. The first kappa shape index (κ1) is 12.0. The lowest BCUT2D eigenvalue weighted by molar-refractivity contribution is 0.268. The molecule has 0 spiro atoms. The molecule has 1 unspecified atom stereocenters. The van der Waals surface area contributed by atoms with E-state index in [1.165, 1.54) is 24.5 Å². The van der Waals surface area contributed by atoms with Gasteiger partial charge in [-0.05, 0) is 33.7 Å². The topological polar surface area (TPSA) is 28.2 Å². The summed E-state index contributed by atoms with van der Waals surface area (Å²) in [6, 6.07) is 1.32. The maximum atomic E-state index is 4.47. The van der Waals surface area contributed by atoms with E-state index in [2.05, 4.69) is 41.4 Å². The first-order valence-electron chi connectivity index (χ1n) is 6.03. The van der Waals surface area contributed by atoms with Crippen LogP contribution in [0.5, 0.6) is 0 Å². The quantitative estimate of drug-likeness (QED) is 0.871. The van der Waals surface area contributed by atoms with Crippen molar-refractivity contribution >= 4 is 11.3 Å². The Labute approximate surface area is 102 Å². The number of nitrogens with zero attached hydrogens (tertiary/aromatic N) is 2.